The monoisotopic (exact) mass is 1320 g/mol. The van der Waals surface area contributed by atoms with E-state index in [4.69, 9.17) is 28.4 Å². The predicted molar refractivity (Wildman–Crippen MR) is 302 cm³/mol. The van der Waals surface area contributed by atoms with Gasteiger partial charge in [-0.1, -0.05) is 73.9 Å². The third-order valence-corrected chi connectivity index (χ3v) is 17.1. The first-order valence-corrected chi connectivity index (χ1v) is 29.1. The molecular weight excluding hydrogens is 1250 g/mol. The summed E-state index contributed by atoms with van der Waals surface area (Å²) in [5.74, 6) is -12.1. The van der Waals surface area contributed by atoms with Gasteiger partial charge in [-0.3, -0.25) is 19.2 Å². The number of hydrogen-bond donors (Lipinski definition) is 2. The number of carbonyl (C=O) groups is 6. The van der Waals surface area contributed by atoms with Gasteiger partial charge in [0.1, 0.15) is 59.4 Å². The van der Waals surface area contributed by atoms with Crippen LogP contribution in [0.4, 0.5) is 27.2 Å². The molecule has 2 aromatic heterocycles. The fraction of sp³-hybridized carbons (Fsp3) is 0.607. The molecule has 0 unspecified atom stereocenters. The van der Waals surface area contributed by atoms with Crippen molar-refractivity contribution >= 4 is 70.2 Å². The number of ether oxygens (including phenoxy) is 6. The van der Waals surface area contributed by atoms with Crippen LogP contribution in [0.15, 0.2) is 36.4 Å². The van der Waals surface area contributed by atoms with Crippen molar-refractivity contribution in [2.24, 2.45) is 34.5 Å². The summed E-state index contributed by atoms with van der Waals surface area (Å²) in [5, 5.41) is 5.21. The Morgan fingerprint density at radius 1 is 0.596 bits per heavy atom. The summed E-state index contributed by atoms with van der Waals surface area (Å²) in [4.78, 5) is 124. The minimum absolute atomic E-state index is 0. The number of nitrogens with one attached hydrogen (secondary N) is 2. The number of benzene rings is 2. The number of hydrogen-bond acceptors (Lipinski definition) is 18. The number of aromatic nitrogens is 4. The average molecular weight is 1320 g/mol. The van der Waals surface area contributed by atoms with Crippen LogP contribution in [0.25, 0.3) is 22.1 Å². The molecule has 0 spiro atoms. The summed E-state index contributed by atoms with van der Waals surface area (Å²) >= 11 is 0. The van der Waals surface area contributed by atoms with Gasteiger partial charge in [-0.05, 0) is 59.8 Å². The SMILES string of the molecule is CC[C@@H]1[C@@H]2CN(C(=O)[C@H](C(C)(C)C)NC(=O)O[C@@H]3C[C@H]3CC(=O)C(F)(F)CCc3nc4ccc(OC)cc4nc3O2)[C@@H]1[C-]=O.COc1ccc2nc3c(nc2c1)O[C@H]1CN(C(=O)[C@H](C(C)(C)C)NC(=O)O[C@@H]2C[C@H]2CC(=O)C(F)(F)CC3)[C@H]([C-]=O)[C@@H]1C.[V].[V]. The van der Waals surface area contributed by atoms with Crippen molar-refractivity contribution in [2.75, 3.05) is 27.3 Å². The Labute approximate surface area is 535 Å². The summed E-state index contributed by atoms with van der Waals surface area (Å²) in [6.45, 7) is 14.0. The number of halogens is 4. The van der Waals surface area contributed by atoms with Gasteiger partial charge in [0.25, 0.3) is 0 Å². The number of aryl methyl sites for hydroxylation is 2. The van der Waals surface area contributed by atoms with Crippen molar-refractivity contribution in [2.45, 2.75) is 174 Å². The van der Waals surface area contributed by atoms with E-state index < -0.39 is 156 Å². The predicted octanol–water partition coefficient (Wildman–Crippen LogP) is 7.21. The molecule has 22 nitrogen and oxygen atoms in total. The minimum atomic E-state index is -3.66. The first kappa shape index (κ1) is 69.8. The molecule has 2 aromatic carbocycles. The number of ketones is 2. The summed E-state index contributed by atoms with van der Waals surface area (Å²) in [7, 11) is 2.98. The van der Waals surface area contributed by atoms with Crippen LogP contribution < -0.4 is 29.6 Å². The molecule has 480 valence electrons. The van der Waals surface area contributed by atoms with Crippen LogP contribution in [0.2, 0.25) is 0 Å². The van der Waals surface area contributed by atoms with Crippen LogP contribution in [-0.2, 0) is 88.2 Å². The van der Waals surface area contributed by atoms with Gasteiger partial charge >= 0.3 is 24.0 Å². The van der Waals surface area contributed by atoms with Gasteiger partial charge in [-0.2, -0.15) is 17.6 Å². The van der Waals surface area contributed by atoms with Crippen molar-refractivity contribution in [3.8, 4) is 23.3 Å². The molecular formula is C61H72F4N8O14V2-2. The van der Waals surface area contributed by atoms with E-state index in [2.05, 4.69) is 30.6 Å². The Morgan fingerprint density at radius 3 is 1.39 bits per heavy atom. The maximum atomic E-state index is 15.1. The average Bonchev–Trinajstić information content (AvgIpc) is 2.07. The van der Waals surface area contributed by atoms with Crippen LogP contribution in [0.5, 0.6) is 23.3 Å². The van der Waals surface area contributed by atoms with E-state index in [1.165, 1.54) is 24.0 Å². The van der Waals surface area contributed by atoms with Gasteiger partial charge < -0.3 is 58.4 Å². The van der Waals surface area contributed by atoms with Crippen LogP contribution in [0.1, 0.15) is 112 Å². The molecule has 89 heavy (non-hydrogen) atoms. The molecule has 6 heterocycles. The Kier molecular flexibility index (Phi) is 21.5. The molecule has 4 fully saturated rings. The van der Waals surface area contributed by atoms with Crippen LogP contribution in [0, 0.1) is 34.5 Å². The molecule has 2 N–H and O–H groups in total. The number of nitrogens with zero attached hydrogens (tertiary/aromatic N) is 6. The van der Waals surface area contributed by atoms with Crippen LogP contribution in [0.3, 0.4) is 0 Å². The normalized spacial score (nSPS) is 28.9. The van der Waals surface area contributed by atoms with Gasteiger partial charge in [0.15, 0.2) is 0 Å². The van der Waals surface area contributed by atoms with Crippen molar-refractivity contribution in [1.29, 1.82) is 0 Å². The summed E-state index contributed by atoms with van der Waals surface area (Å²) in [6, 6.07) is 5.69. The second-order valence-corrected chi connectivity index (χ2v) is 25.4. The third-order valence-electron chi connectivity index (χ3n) is 17.1. The molecule has 4 bridgehead atoms. The Hall–Kier alpha value is -6.63. The second kappa shape index (κ2) is 27.5. The van der Waals surface area contributed by atoms with Gasteiger partial charge in [-0.15, -0.1) is 0 Å². The number of Topliss-reactive ketones (excluding diaryl/α,β-unsaturated/α-hetero) is 2. The zero-order chi connectivity index (χ0) is 63.2. The quantitative estimate of drug-likeness (QED) is 0.147. The minimum Gasteiger partial charge on any atom is -0.540 e. The van der Waals surface area contributed by atoms with Gasteiger partial charge in [0.05, 0.1) is 49.4 Å². The largest absolute Gasteiger partial charge is 0.540 e. The summed E-state index contributed by atoms with van der Waals surface area (Å²) in [5.41, 5.74) is 0.262. The van der Waals surface area contributed by atoms with Gasteiger partial charge in [0.2, 0.25) is 35.1 Å². The zero-order valence-electron chi connectivity index (χ0n) is 51.0. The molecule has 2 saturated heterocycles. The topological polar surface area (TPSA) is 274 Å². The zero-order valence-corrected chi connectivity index (χ0v) is 53.8. The molecule has 2 saturated carbocycles. The van der Waals surface area contributed by atoms with E-state index in [1.807, 2.05) is 19.5 Å². The molecule has 4 aliphatic heterocycles. The second-order valence-electron chi connectivity index (χ2n) is 25.4. The van der Waals surface area contributed by atoms with Crippen molar-refractivity contribution in [3.05, 3.63) is 47.8 Å². The van der Waals surface area contributed by atoms with E-state index in [-0.39, 0.29) is 99.0 Å². The molecule has 2 radical (unpaired) electrons. The van der Waals surface area contributed by atoms with E-state index in [9.17, 15) is 38.4 Å². The smallest absolute Gasteiger partial charge is 0.408 e. The molecule has 12 atom stereocenters. The van der Waals surface area contributed by atoms with Crippen molar-refractivity contribution < 1.29 is 121 Å². The molecule has 4 amide bonds. The molecule has 10 rings (SSSR count). The van der Waals surface area contributed by atoms with Crippen LogP contribution >= 0.6 is 0 Å². The van der Waals surface area contributed by atoms with Gasteiger partial charge in [0, 0.05) is 99.6 Å². The Bertz CT molecular complexity index is 3350. The number of methoxy groups -OCH3 is 2. The number of fused-ring (bicyclic) bond motifs is 10. The Morgan fingerprint density at radius 2 is 1.00 bits per heavy atom. The maximum Gasteiger partial charge on any atom is 0.408 e. The first-order valence-electron chi connectivity index (χ1n) is 29.1. The standard InChI is InChI=1S/C31H37F2N4O7.C30H35F2N4O7.2V/c1-6-18-22(15-38)37-14-24(18)43-27-20(34-19-8-7-17(42-5)13-21(19)35-27)9-10-31(32,33)25(39)12-16-11-23(16)44-29(41)36-26(28(37)40)30(2,3)4;1-15-21(14-37)36-13-23(15)42-26-19(33-18-7-6-17(41-5)12-20(18)34-26)8-9-30(31,32)24(38)11-16-10-22(16)43-28(40)35-25(27(36)39)29(2,3)4;;/h7-8,13,16,18,22-24,26H,6,9-12,14H2,1-5H3,(H,36,41);6-7,12,15-16,21-23,25H,8-11,13H2,1-5H3,(H,35,40);;/q2*-1;;/t16-,18-,22+,23+,24-,26+;15-,16-,21+,22+,23-,25+;;/m00../s1. The van der Waals surface area contributed by atoms with E-state index in [1.54, 1.807) is 84.9 Å². The summed E-state index contributed by atoms with van der Waals surface area (Å²) in [6.07, 6.45) is -3.17. The van der Waals surface area contributed by atoms with Crippen molar-refractivity contribution in [3.63, 3.8) is 0 Å². The third kappa shape index (κ3) is 15.6. The van der Waals surface area contributed by atoms with Crippen molar-refractivity contribution in [1.82, 2.24) is 40.4 Å². The number of carbonyl (C=O) groups excluding carboxylic acids is 8. The van der Waals surface area contributed by atoms with E-state index in [0.717, 1.165) is 0 Å². The number of rotatable bonds is 5. The summed E-state index contributed by atoms with van der Waals surface area (Å²) < 4.78 is 94.3. The molecule has 6 aliphatic rings. The first-order chi connectivity index (χ1) is 41.0. The fourth-order valence-corrected chi connectivity index (χ4v) is 11.5. The number of amides is 4. The number of alkyl carbamates (subject to hydrolysis) is 2. The molecule has 4 aromatic rings. The number of alkyl halides is 4. The van der Waals surface area contributed by atoms with Crippen LogP contribution in [-0.4, -0.2) is 166 Å². The molecule has 2 aliphatic carbocycles. The molecule has 28 heteroatoms. The van der Waals surface area contributed by atoms with Gasteiger partial charge in [-0.25, -0.2) is 42.1 Å². The maximum absolute atomic E-state index is 15.1. The van der Waals surface area contributed by atoms with E-state index in [0.29, 0.717) is 40.0 Å². The fourth-order valence-electron chi connectivity index (χ4n) is 11.5. The Balaban J connectivity index is 0.000000248. The van der Waals surface area contributed by atoms with E-state index >= 15 is 17.6 Å².